The molecule has 0 bridgehead atoms. The molecule has 3 nitrogen and oxygen atoms in total. The highest BCUT2D eigenvalue weighted by molar-refractivity contribution is 5.50. The second-order valence-electron chi connectivity index (χ2n) is 5.98. The van der Waals surface area contributed by atoms with E-state index in [-0.39, 0.29) is 11.5 Å². The van der Waals surface area contributed by atoms with Crippen LogP contribution in [0.15, 0.2) is 12.1 Å². The number of phenols is 2. The first-order valence-corrected chi connectivity index (χ1v) is 7.47. The van der Waals surface area contributed by atoms with Gasteiger partial charge in [-0.05, 0) is 62.7 Å². The van der Waals surface area contributed by atoms with Crippen molar-refractivity contribution in [3.05, 3.63) is 23.3 Å². The molecule has 1 aromatic rings. The van der Waals surface area contributed by atoms with Crippen molar-refractivity contribution in [3.8, 4) is 11.5 Å². The fourth-order valence-corrected chi connectivity index (χ4v) is 3.88. The quantitative estimate of drug-likeness (QED) is 0.804. The van der Waals surface area contributed by atoms with E-state index in [1.807, 2.05) is 6.07 Å². The molecular weight excluding hydrogens is 238 g/mol. The van der Waals surface area contributed by atoms with Crippen LogP contribution in [0, 0.1) is 5.92 Å². The molecule has 2 N–H and O–H groups in total. The Morgan fingerprint density at radius 3 is 2.89 bits per heavy atom. The lowest BCUT2D eigenvalue weighted by Crippen LogP contribution is -2.49. The van der Waals surface area contributed by atoms with Crippen LogP contribution in [0.1, 0.15) is 37.3 Å². The van der Waals surface area contributed by atoms with E-state index in [1.54, 1.807) is 6.07 Å². The average Bonchev–Trinajstić information content (AvgIpc) is 2.42. The van der Waals surface area contributed by atoms with Crippen LogP contribution in [0.3, 0.4) is 0 Å². The third-order valence-electron chi connectivity index (χ3n) is 4.80. The van der Waals surface area contributed by atoms with Gasteiger partial charge >= 0.3 is 0 Å². The molecule has 19 heavy (non-hydrogen) atoms. The summed E-state index contributed by atoms with van der Waals surface area (Å²) in [5, 5.41) is 19.7. The molecule has 0 spiro atoms. The molecule has 0 saturated carbocycles. The number of piperidine rings is 1. The zero-order valence-electron chi connectivity index (χ0n) is 11.6. The number of fused-ring (bicyclic) bond motifs is 2. The first-order chi connectivity index (χ1) is 9.20. The number of hydrogen-bond acceptors (Lipinski definition) is 3. The van der Waals surface area contributed by atoms with Gasteiger partial charge in [-0.1, -0.05) is 13.0 Å². The van der Waals surface area contributed by atoms with E-state index in [0.717, 1.165) is 18.4 Å². The van der Waals surface area contributed by atoms with Crippen molar-refractivity contribution < 1.29 is 10.2 Å². The summed E-state index contributed by atoms with van der Waals surface area (Å²) in [6, 6.07) is 4.24. The van der Waals surface area contributed by atoms with Crippen LogP contribution in [0.4, 0.5) is 0 Å². The van der Waals surface area contributed by atoms with Gasteiger partial charge < -0.3 is 10.2 Å². The number of nitrogens with zero attached hydrogens (tertiary/aromatic N) is 1. The Labute approximate surface area is 114 Å². The van der Waals surface area contributed by atoms with E-state index in [9.17, 15) is 10.2 Å². The van der Waals surface area contributed by atoms with Gasteiger partial charge in [-0.25, -0.2) is 0 Å². The van der Waals surface area contributed by atoms with E-state index in [2.05, 4.69) is 11.8 Å². The van der Waals surface area contributed by atoms with Crippen LogP contribution < -0.4 is 0 Å². The van der Waals surface area contributed by atoms with E-state index >= 15 is 0 Å². The maximum Gasteiger partial charge on any atom is 0.160 e. The van der Waals surface area contributed by atoms with Gasteiger partial charge in [-0.15, -0.1) is 0 Å². The molecule has 1 aliphatic carbocycles. The summed E-state index contributed by atoms with van der Waals surface area (Å²) in [4.78, 5) is 2.63. The Kier molecular flexibility index (Phi) is 3.40. The summed E-state index contributed by atoms with van der Waals surface area (Å²) in [6.45, 7) is 4.64. The van der Waals surface area contributed by atoms with Crippen molar-refractivity contribution in [3.63, 3.8) is 0 Å². The lowest BCUT2D eigenvalue weighted by atomic mass is 9.75. The molecule has 0 amide bonds. The van der Waals surface area contributed by atoms with Crippen LogP contribution in [-0.4, -0.2) is 34.2 Å². The minimum atomic E-state index is 0.0263. The Hall–Kier alpha value is -1.22. The Balaban J connectivity index is 1.90. The highest BCUT2D eigenvalue weighted by atomic mass is 16.3. The van der Waals surface area contributed by atoms with Crippen molar-refractivity contribution in [1.29, 1.82) is 0 Å². The smallest absolute Gasteiger partial charge is 0.160 e. The molecule has 0 radical (unpaired) electrons. The standard InChI is InChI=1S/C16H23NO2/c1-2-7-17-8-3-4-12-9-13-11(10-14(12)17)5-6-15(18)16(13)19/h5-6,12,14,18-19H,2-4,7-10H2,1H3/t12-,14+/m1/s1. The molecule has 104 valence electrons. The van der Waals surface area contributed by atoms with Crippen LogP contribution >= 0.6 is 0 Å². The van der Waals surface area contributed by atoms with Gasteiger partial charge in [0.25, 0.3) is 0 Å². The molecule has 1 aromatic carbocycles. The van der Waals surface area contributed by atoms with Gasteiger partial charge in [-0.2, -0.15) is 0 Å². The lowest BCUT2D eigenvalue weighted by Gasteiger charge is -2.44. The lowest BCUT2D eigenvalue weighted by molar-refractivity contribution is 0.0848. The second-order valence-corrected chi connectivity index (χ2v) is 5.98. The summed E-state index contributed by atoms with van der Waals surface area (Å²) in [7, 11) is 0. The number of benzene rings is 1. The fourth-order valence-electron chi connectivity index (χ4n) is 3.88. The monoisotopic (exact) mass is 261 g/mol. The van der Waals surface area contributed by atoms with Crippen molar-refractivity contribution >= 4 is 0 Å². The van der Waals surface area contributed by atoms with Crippen LogP contribution in [-0.2, 0) is 12.8 Å². The Bertz CT molecular complexity index is 470. The van der Waals surface area contributed by atoms with Gasteiger partial charge in [-0.3, -0.25) is 4.90 Å². The maximum absolute atomic E-state index is 10.0. The zero-order valence-corrected chi connectivity index (χ0v) is 11.6. The van der Waals surface area contributed by atoms with Gasteiger partial charge in [0.1, 0.15) is 0 Å². The van der Waals surface area contributed by atoms with Crippen molar-refractivity contribution in [2.24, 2.45) is 5.92 Å². The van der Waals surface area contributed by atoms with Gasteiger partial charge in [0.05, 0.1) is 0 Å². The van der Waals surface area contributed by atoms with Gasteiger partial charge in [0.15, 0.2) is 11.5 Å². The van der Waals surface area contributed by atoms with Crippen LogP contribution in [0.5, 0.6) is 11.5 Å². The highest BCUT2D eigenvalue weighted by Gasteiger charge is 2.36. The summed E-state index contributed by atoms with van der Waals surface area (Å²) in [6.07, 6.45) is 5.65. The number of phenolic OH excluding ortho intramolecular Hbond substituents is 2. The predicted molar refractivity (Wildman–Crippen MR) is 75.6 cm³/mol. The van der Waals surface area contributed by atoms with Gasteiger partial charge in [0.2, 0.25) is 0 Å². The average molecular weight is 261 g/mol. The second kappa shape index (κ2) is 5.04. The number of likely N-dealkylation sites (tertiary alicyclic amines) is 1. The molecule has 2 atom stereocenters. The first-order valence-electron chi connectivity index (χ1n) is 7.47. The van der Waals surface area contributed by atoms with Crippen molar-refractivity contribution in [2.45, 2.75) is 45.1 Å². The molecule has 1 heterocycles. The van der Waals surface area contributed by atoms with E-state index in [0.29, 0.717) is 12.0 Å². The molecule has 0 unspecified atom stereocenters. The summed E-state index contributed by atoms with van der Waals surface area (Å²) in [5.74, 6) is 0.780. The van der Waals surface area contributed by atoms with Crippen LogP contribution in [0.2, 0.25) is 0 Å². The molecule has 3 heteroatoms. The summed E-state index contributed by atoms with van der Waals surface area (Å²) in [5.41, 5.74) is 2.21. The summed E-state index contributed by atoms with van der Waals surface area (Å²) < 4.78 is 0. The molecule has 3 rings (SSSR count). The minimum absolute atomic E-state index is 0.0263. The van der Waals surface area contributed by atoms with E-state index < -0.39 is 0 Å². The van der Waals surface area contributed by atoms with E-state index in [1.165, 1.54) is 37.9 Å². The molecule has 2 aliphatic rings. The van der Waals surface area contributed by atoms with Gasteiger partial charge in [0, 0.05) is 11.6 Å². The summed E-state index contributed by atoms with van der Waals surface area (Å²) >= 11 is 0. The minimum Gasteiger partial charge on any atom is -0.504 e. The van der Waals surface area contributed by atoms with Crippen molar-refractivity contribution in [2.75, 3.05) is 13.1 Å². The predicted octanol–water partition coefficient (Wildman–Crippen LogP) is 2.69. The number of hydrogen-bond donors (Lipinski definition) is 2. The molecule has 1 aliphatic heterocycles. The first kappa shape index (κ1) is 12.8. The fraction of sp³-hybridized carbons (Fsp3) is 0.625. The maximum atomic E-state index is 10.0. The molecule has 1 saturated heterocycles. The largest absolute Gasteiger partial charge is 0.504 e. The molecule has 0 aromatic heterocycles. The topological polar surface area (TPSA) is 43.7 Å². The molecular formula is C16H23NO2. The number of rotatable bonds is 2. The SMILES string of the molecule is CCCN1CCC[C@@H]2Cc3c(ccc(O)c3O)C[C@@H]21. The zero-order chi connectivity index (χ0) is 13.4. The van der Waals surface area contributed by atoms with E-state index in [4.69, 9.17) is 0 Å². The third kappa shape index (κ3) is 2.20. The number of aromatic hydroxyl groups is 2. The normalized spacial score (nSPS) is 26.8. The highest BCUT2D eigenvalue weighted by Crippen LogP contribution is 2.41. The van der Waals surface area contributed by atoms with Crippen molar-refractivity contribution in [1.82, 2.24) is 4.90 Å². The molecule has 1 fully saturated rings. The Morgan fingerprint density at radius 1 is 1.26 bits per heavy atom. The third-order valence-corrected chi connectivity index (χ3v) is 4.80. The Morgan fingerprint density at radius 2 is 2.11 bits per heavy atom. The van der Waals surface area contributed by atoms with Crippen LogP contribution in [0.25, 0.3) is 0 Å².